The van der Waals surface area contributed by atoms with Crippen LogP contribution in [0, 0.1) is 13.8 Å². The fourth-order valence-electron chi connectivity index (χ4n) is 1.61. The van der Waals surface area contributed by atoms with Gasteiger partial charge in [-0.15, -0.1) is 0 Å². The van der Waals surface area contributed by atoms with E-state index in [0.29, 0.717) is 5.56 Å². The molecule has 2 aromatic rings. The molecule has 0 saturated heterocycles. The van der Waals surface area contributed by atoms with Crippen LogP contribution in [0.4, 0.5) is 0 Å². The summed E-state index contributed by atoms with van der Waals surface area (Å²) in [5, 5.41) is 20.2. The van der Waals surface area contributed by atoms with Crippen LogP contribution in [0.3, 0.4) is 0 Å². The topological polar surface area (TPSA) is 90.4 Å². The second-order valence-corrected chi connectivity index (χ2v) is 5.21. The van der Waals surface area contributed by atoms with E-state index in [1.807, 2.05) is 0 Å². The number of aromatic hydroxyl groups is 1. The third-order valence-corrected chi connectivity index (χ3v) is 3.06. The maximum Gasteiger partial charge on any atom is 0.291 e. The summed E-state index contributed by atoms with van der Waals surface area (Å²) in [6.45, 7) is 3.58. The van der Waals surface area contributed by atoms with Crippen molar-refractivity contribution in [3.8, 4) is 5.75 Å². The van der Waals surface area contributed by atoms with Gasteiger partial charge in [0.2, 0.25) is 0 Å². The smallest absolute Gasteiger partial charge is 0.291 e. The van der Waals surface area contributed by atoms with E-state index in [2.05, 4.69) is 36.7 Å². The molecule has 20 heavy (non-hydrogen) atoms. The number of nitrogens with one attached hydrogen (secondary N) is 2. The van der Waals surface area contributed by atoms with Gasteiger partial charge in [-0.05, 0) is 37.6 Å². The summed E-state index contributed by atoms with van der Waals surface area (Å²) in [6.07, 6.45) is 1.38. The first-order chi connectivity index (χ1) is 9.47. The Morgan fingerprint density at radius 1 is 1.45 bits per heavy atom. The highest BCUT2D eigenvalue weighted by atomic mass is 79.9. The van der Waals surface area contributed by atoms with Crippen molar-refractivity contribution in [1.29, 1.82) is 0 Å². The van der Waals surface area contributed by atoms with Crippen molar-refractivity contribution < 1.29 is 9.90 Å². The fourth-order valence-corrected chi connectivity index (χ4v) is 2.20. The summed E-state index contributed by atoms with van der Waals surface area (Å²) < 4.78 is 0.823. The lowest BCUT2D eigenvalue weighted by atomic mass is 10.1. The summed E-state index contributed by atoms with van der Waals surface area (Å²) >= 11 is 3.33. The van der Waals surface area contributed by atoms with E-state index >= 15 is 0 Å². The first-order valence-corrected chi connectivity index (χ1v) is 6.61. The van der Waals surface area contributed by atoms with Crippen LogP contribution in [0.1, 0.15) is 27.3 Å². The fraction of sp³-hybridized carbons (Fsp3) is 0.154. The predicted octanol–water partition coefficient (Wildman–Crippen LogP) is 2.26. The number of amides is 1. The molecule has 0 saturated carbocycles. The standard InChI is InChI=1S/C13H13BrN4O2/c1-7-3-10(14)5-9(12(7)19)6-15-18-13(20)11-4-8(2)16-17-11/h3-6,19H,1-2H3,(H,16,17)(H,18,20). The molecule has 1 heterocycles. The van der Waals surface area contributed by atoms with Crippen molar-refractivity contribution in [3.05, 3.63) is 45.2 Å². The van der Waals surface area contributed by atoms with Crippen molar-refractivity contribution in [2.75, 3.05) is 0 Å². The Morgan fingerprint density at radius 2 is 2.20 bits per heavy atom. The molecule has 0 spiro atoms. The number of rotatable bonds is 3. The van der Waals surface area contributed by atoms with Crippen molar-refractivity contribution in [2.45, 2.75) is 13.8 Å². The summed E-state index contributed by atoms with van der Waals surface area (Å²) in [4.78, 5) is 11.7. The van der Waals surface area contributed by atoms with Gasteiger partial charge in [-0.1, -0.05) is 15.9 Å². The van der Waals surface area contributed by atoms with Crippen LogP contribution < -0.4 is 5.43 Å². The molecule has 104 valence electrons. The molecule has 1 aromatic heterocycles. The molecule has 1 aromatic carbocycles. The monoisotopic (exact) mass is 336 g/mol. The number of phenols is 1. The lowest BCUT2D eigenvalue weighted by Crippen LogP contribution is -2.18. The third-order valence-electron chi connectivity index (χ3n) is 2.60. The van der Waals surface area contributed by atoms with Gasteiger partial charge in [0.05, 0.1) is 6.21 Å². The molecule has 0 fully saturated rings. The minimum Gasteiger partial charge on any atom is -0.507 e. The van der Waals surface area contributed by atoms with Crippen LogP contribution in [0.2, 0.25) is 0 Å². The van der Waals surface area contributed by atoms with Crippen LogP contribution >= 0.6 is 15.9 Å². The Morgan fingerprint density at radius 3 is 2.85 bits per heavy atom. The van der Waals surface area contributed by atoms with Crippen LogP contribution in [0.15, 0.2) is 27.8 Å². The third kappa shape index (κ3) is 3.24. The van der Waals surface area contributed by atoms with E-state index in [1.165, 1.54) is 6.21 Å². The van der Waals surface area contributed by atoms with Gasteiger partial charge < -0.3 is 5.11 Å². The Hall–Kier alpha value is -2.15. The number of aryl methyl sites for hydroxylation is 2. The molecule has 3 N–H and O–H groups in total. The van der Waals surface area contributed by atoms with Crippen molar-refractivity contribution >= 4 is 28.1 Å². The van der Waals surface area contributed by atoms with E-state index in [9.17, 15) is 9.90 Å². The molecule has 7 heteroatoms. The largest absolute Gasteiger partial charge is 0.507 e. The number of halogens is 1. The highest BCUT2D eigenvalue weighted by Crippen LogP contribution is 2.25. The van der Waals surface area contributed by atoms with Gasteiger partial charge in [0.1, 0.15) is 5.75 Å². The van der Waals surface area contributed by atoms with Crippen molar-refractivity contribution in [1.82, 2.24) is 15.6 Å². The average Bonchev–Trinajstić information content (AvgIpc) is 2.81. The average molecular weight is 337 g/mol. The summed E-state index contributed by atoms with van der Waals surface area (Å²) in [5.74, 6) is -0.293. The first kappa shape index (κ1) is 14.3. The van der Waals surface area contributed by atoms with E-state index in [-0.39, 0.29) is 11.4 Å². The number of benzene rings is 1. The Labute approximate surface area is 124 Å². The van der Waals surface area contributed by atoms with Gasteiger partial charge in [0.25, 0.3) is 5.91 Å². The second-order valence-electron chi connectivity index (χ2n) is 4.30. The van der Waals surface area contributed by atoms with E-state index in [1.54, 1.807) is 32.0 Å². The van der Waals surface area contributed by atoms with Gasteiger partial charge in [-0.2, -0.15) is 10.2 Å². The van der Waals surface area contributed by atoms with Gasteiger partial charge >= 0.3 is 0 Å². The molecular formula is C13H13BrN4O2. The van der Waals surface area contributed by atoms with Gasteiger partial charge in [0, 0.05) is 15.7 Å². The van der Waals surface area contributed by atoms with Crippen LogP contribution in [-0.2, 0) is 0 Å². The number of nitrogens with zero attached hydrogens (tertiary/aromatic N) is 2. The zero-order chi connectivity index (χ0) is 14.7. The van der Waals surface area contributed by atoms with E-state index in [4.69, 9.17) is 0 Å². The highest BCUT2D eigenvalue weighted by Gasteiger charge is 2.08. The van der Waals surface area contributed by atoms with Crippen LogP contribution in [0.5, 0.6) is 5.75 Å². The van der Waals surface area contributed by atoms with Crippen molar-refractivity contribution in [2.24, 2.45) is 5.10 Å². The van der Waals surface area contributed by atoms with E-state index in [0.717, 1.165) is 15.7 Å². The normalized spacial score (nSPS) is 10.9. The highest BCUT2D eigenvalue weighted by molar-refractivity contribution is 9.10. The second kappa shape index (κ2) is 5.87. The number of hydrogen-bond acceptors (Lipinski definition) is 4. The lowest BCUT2D eigenvalue weighted by molar-refractivity contribution is 0.0950. The van der Waals surface area contributed by atoms with Crippen molar-refractivity contribution in [3.63, 3.8) is 0 Å². The minimum atomic E-state index is -0.420. The molecular weight excluding hydrogens is 324 g/mol. The number of aromatic amines is 1. The first-order valence-electron chi connectivity index (χ1n) is 5.82. The van der Waals surface area contributed by atoms with Gasteiger partial charge in [-0.25, -0.2) is 5.43 Å². The molecule has 0 radical (unpaired) electrons. The Kier molecular flexibility index (Phi) is 4.19. The molecule has 0 bridgehead atoms. The number of aromatic nitrogens is 2. The Bertz CT molecular complexity index is 679. The molecule has 1 amide bonds. The number of hydrogen-bond donors (Lipinski definition) is 3. The Balaban J connectivity index is 2.09. The maximum atomic E-state index is 11.7. The van der Waals surface area contributed by atoms with E-state index < -0.39 is 5.91 Å². The maximum absolute atomic E-state index is 11.7. The van der Waals surface area contributed by atoms with Crippen LogP contribution in [0.25, 0.3) is 0 Å². The molecule has 2 rings (SSSR count). The number of carbonyl (C=O) groups excluding carboxylic acids is 1. The summed E-state index contributed by atoms with van der Waals surface area (Å²) in [7, 11) is 0. The summed E-state index contributed by atoms with van der Waals surface area (Å²) in [5.41, 5.74) is 4.63. The molecule has 0 unspecified atom stereocenters. The molecule has 0 aliphatic rings. The minimum absolute atomic E-state index is 0.127. The molecule has 0 aliphatic heterocycles. The molecule has 0 atom stereocenters. The molecule has 6 nitrogen and oxygen atoms in total. The SMILES string of the molecule is Cc1cc(C(=O)NN=Cc2cc(Br)cc(C)c2O)n[nH]1. The number of carbonyl (C=O) groups is 1. The zero-order valence-electron chi connectivity index (χ0n) is 10.9. The lowest BCUT2D eigenvalue weighted by Gasteiger charge is -2.03. The number of H-pyrrole nitrogens is 1. The van der Waals surface area contributed by atoms with Crippen LogP contribution in [-0.4, -0.2) is 27.4 Å². The van der Waals surface area contributed by atoms with Gasteiger partial charge in [-0.3, -0.25) is 9.89 Å². The quantitative estimate of drug-likeness (QED) is 0.593. The number of hydrazone groups is 1. The van der Waals surface area contributed by atoms with Gasteiger partial charge in [0.15, 0.2) is 5.69 Å². The zero-order valence-corrected chi connectivity index (χ0v) is 12.5. The predicted molar refractivity (Wildman–Crippen MR) is 78.9 cm³/mol. The molecule has 0 aliphatic carbocycles. The summed E-state index contributed by atoms with van der Waals surface area (Å²) in [6, 6.07) is 5.11. The number of phenolic OH excluding ortho intramolecular Hbond substituents is 1.